The molecule has 0 aromatic rings. The Kier molecular flexibility index (Phi) is 6.05. The van der Waals surface area contributed by atoms with Crippen molar-refractivity contribution in [3.63, 3.8) is 0 Å². The van der Waals surface area contributed by atoms with E-state index >= 15 is 0 Å². The molecule has 0 unspecified atom stereocenters. The van der Waals surface area contributed by atoms with Crippen LogP contribution in [0.5, 0.6) is 0 Å². The summed E-state index contributed by atoms with van der Waals surface area (Å²) in [6.45, 7) is 4.79. The number of nitrogens with two attached hydrogens (primary N) is 1. The summed E-state index contributed by atoms with van der Waals surface area (Å²) in [5.74, 6) is 5.41. The van der Waals surface area contributed by atoms with Gasteiger partial charge in [0.1, 0.15) is 0 Å². The van der Waals surface area contributed by atoms with Gasteiger partial charge in [0.15, 0.2) is 0 Å². The molecule has 3 nitrogen and oxygen atoms in total. The number of rotatable bonds is 4. The summed E-state index contributed by atoms with van der Waals surface area (Å²) in [5, 5.41) is 0. The van der Waals surface area contributed by atoms with Crippen LogP contribution in [0, 0.1) is 11.8 Å². The SMILES string of the molecule is C=CCN(C=O)CC#CCN. The second-order valence-electron chi connectivity index (χ2n) is 1.88. The van der Waals surface area contributed by atoms with Gasteiger partial charge in [-0.05, 0) is 0 Å². The first-order chi connectivity index (χ1) is 5.35. The maximum Gasteiger partial charge on any atom is 0.210 e. The minimum Gasteiger partial charge on any atom is -0.330 e. The lowest BCUT2D eigenvalue weighted by Gasteiger charge is -2.09. The van der Waals surface area contributed by atoms with E-state index in [9.17, 15) is 4.79 Å². The van der Waals surface area contributed by atoms with Crippen LogP contribution in [-0.2, 0) is 4.79 Å². The summed E-state index contributed by atoms with van der Waals surface area (Å²) in [7, 11) is 0. The third-order valence-corrected chi connectivity index (χ3v) is 1.02. The van der Waals surface area contributed by atoms with Gasteiger partial charge in [-0.25, -0.2) is 0 Å². The van der Waals surface area contributed by atoms with Gasteiger partial charge in [0, 0.05) is 6.54 Å². The largest absolute Gasteiger partial charge is 0.330 e. The number of carbonyl (C=O) groups excluding carboxylic acids is 1. The van der Waals surface area contributed by atoms with Crippen LogP contribution in [0.3, 0.4) is 0 Å². The van der Waals surface area contributed by atoms with Crippen LogP contribution < -0.4 is 5.73 Å². The average molecular weight is 152 g/mol. The molecule has 0 aliphatic carbocycles. The van der Waals surface area contributed by atoms with E-state index in [-0.39, 0.29) is 0 Å². The van der Waals surface area contributed by atoms with Gasteiger partial charge in [0.2, 0.25) is 6.41 Å². The molecule has 0 spiro atoms. The fourth-order valence-corrected chi connectivity index (χ4v) is 0.540. The Morgan fingerprint density at radius 1 is 1.55 bits per heavy atom. The minimum absolute atomic E-state index is 0.334. The van der Waals surface area contributed by atoms with E-state index in [1.165, 1.54) is 4.90 Å². The van der Waals surface area contributed by atoms with Gasteiger partial charge in [-0.1, -0.05) is 17.9 Å². The fourth-order valence-electron chi connectivity index (χ4n) is 0.540. The van der Waals surface area contributed by atoms with E-state index in [0.29, 0.717) is 19.6 Å². The van der Waals surface area contributed by atoms with E-state index in [1.807, 2.05) is 0 Å². The molecule has 0 heterocycles. The zero-order valence-electron chi connectivity index (χ0n) is 6.42. The van der Waals surface area contributed by atoms with Crippen LogP contribution >= 0.6 is 0 Å². The lowest BCUT2D eigenvalue weighted by Crippen LogP contribution is -2.22. The molecule has 0 aromatic carbocycles. The van der Waals surface area contributed by atoms with Gasteiger partial charge in [0.05, 0.1) is 13.1 Å². The molecule has 0 saturated carbocycles. The molecule has 0 aliphatic heterocycles. The first kappa shape index (κ1) is 9.73. The van der Waals surface area contributed by atoms with Crippen molar-refractivity contribution < 1.29 is 4.79 Å². The van der Waals surface area contributed by atoms with Crippen LogP contribution in [-0.4, -0.2) is 30.9 Å². The van der Waals surface area contributed by atoms with Crippen molar-refractivity contribution in [2.24, 2.45) is 5.73 Å². The molecular weight excluding hydrogens is 140 g/mol. The average Bonchev–Trinajstić information content (AvgIpc) is 2.03. The van der Waals surface area contributed by atoms with Crippen LogP contribution in [0.1, 0.15) is 0 Å². The lowest BCUT2D eigenvalue weighted by atomic mass is 10.5. The third kappa shape index (κ3) is 5.19. The predicted molar refractivity (Wildman–Crippen MR) is 44.7 cm³/mol. The molecule has 0 bridgehead atoms. The summed E-state index contributed by atoms with van der Waals surface area (Å²) in [6, 6.07) is 0. The van der Waals surface area contributed by atoms with Crippen molar-refractivity contribution in [1.82, 2.24) is 4.90 Å². The molecule has 0 atom stereocenters. The molecule has 0 rings (SSSR count). The maximum atomic E-state index is 10.3. The summed E-state index contributed by atoms with van der Waals surface area (Å²) in [5.41, 5.74) is 5.13. The normalized spacial score (nSPS) is 7.73. The van der Waals surface area contributed by atoms with E-state index in [4.69, 9.17) is 5.73 Å². The Hall–Kier alpha value is -1.27. The summed E-state index contributed by atoms with van der Waals surface area (Å²) >= 11 is 0. The second kappa shape index (κ2) is 6.84. The van der Waals surface area contributed by atoms with Crippen molar-refractivity contribution in [2.45, 2.75) is 0 Å². The van der Waals surface area contributed by atoms with Crippen molar-refractivity contribution in [3.8, 4) is 11.8 Å². The molecule has 11 heavy (non-hydrogen) atoms. The number of hydrogen-bond donors (Lipinski definition) is 1. The van der Waals surface area contributed by atoms with Gasteiger partial charge in [-0.2, -0.15) is 0 Å². The van der Waals surface area contributed by atoms with E-state index < -0.39 is 0 Å². The van der Waals surface area contributed by atoms with Crippen LogP contribution in [0.15, 0.2) is 12.7 Å². The summed E-state index contributed by atoms with van der Waals surface area (Å²) in [6.07, 6.45) is 2.39. The van der Waals surface area contributed by atoms with E-state index in [2.05, 4.69) is 18.4 Å². The van der Waals surface area contributed by atoms with Crippen LogP contribution in [0.25, 0.3) is 0 Å². The van der Waals surface area contributed by atoms with Crippen molar-refractivity contribution in [2.75, 3.05) is 19.6 Å². The molecule has 60 valence electrons. The Balaban J connectivity index is 3.67. The number of nitrogens with zero attached hydrogens (tertiary/aromatic N) is 1. The van der Waals surface area contributed by atoms with Gasteiger partial charge in [-0.3, -0.25) is 4.79 Å². The first-order valence-corrected chi connectivity index (χ1v) is 3.31. The van der Waals surface area contributed by atoms with Gasteiger partial charge < -0.3 is 10.6 Å². The Bertz CT molecular complexity index is 178. The molecule has 2 N–H and O–H groups in total. The van der Waals surface area contributed by atoms with Gasteiger partial charge in [-0.15, -0.1) is 6.58 Å². The summed E-state index contributed by atoms with van der Waals surface area (Å²) in [4.78, 5) is 11.8. The van der Waals surface area contributed by atoms with E-state index in [0.717, 1.165) is 6.41 Å². The summed E-state index contributed by atoms with van der Waals surface area (Å²) < 4.78 is 0. The molecular formula is C8H12N2O. The fraction of sp³-hybridized carbons (Fsp3) is 0.375. The van der Waals surface area contributed by atoms with Crippen LogP contribution in [0.4, 0.5) is 0 Å². The minimum atomic E-state index is 0.334. The molecule has 0 fully saturated rings. The predicted octanol–water partition coefficient (Wildman–Crippen LogP) is -0.407. The lowest BCUT2D eigenvalue weighted by molar-refractivity contribution is -0.117. The molecule has 0 aliphatic rings. The molecule has 0 aromatic heterocycles. The number of carbonyl (C=O) groups is 1. The highest BCUT2D eigenvalue weighted by Crippen LogP contribution is 1.80. The van der Waals surface area contributed by atoms with E-state index in [1.54, 1.807) is 6.08 Å². The van der Waals surface area contributed by atoms with Gasteiger partial charge in [0.25, 0.3) is 0 Å². The Labute approximate surface area is 66.9 Å². The van der Waals surface area contributed by atoms with Crippen molar-refractivity contribution in [3.05, 3.63) is 12.7 Å². The zero-order chi connectivity index (χ0) is 8.53. The molecule has 1 amide bonds. The zero-order valence-corrected chi connectivity index (χ0v) is 6.42. The number of hydrogen-bond acceptors (Lipinski definition) is 2. The standard InChI is InChI=1S/C8H12N2O/c1-2-6-10(8-11)7-4-3-5-9/h2,8H,1,5-7,9H2. The first-order valence-electron chi connectivity index (χ1n) is 3.31. The van der Waals surface area contributed by atoms with Crippen molar-refractivity contribution >= 4 is 6.41 Å². The quantitative estimate of drug-likeness (QED) is 0.338. The van der Waals surface area contributed by atoms with Crippen LogP contribution in [0.2, 0.25) is 0 Å². The highest BCUT2D eigenvalue weighted by atomic mass is 16.1. The highest BCUT2D eigenvalue weighted by molar-refractivity contribution is 5.48. The Morgan fingerprint density at radius 3 is 2.73 bits per heavy atom. The van der Waals surface area contributed by atoms with Gasteiger partial charge >= 0.3 is 0 Å². The second-order valence-corrected chi connectivity index (χ2v) is 1.88. The molecule has 3 heteroatoms. The highest BCUT2D eigenvalue weighted by Gasteiger charge is 1.92. The molecule has 0 radical (unpaired) electrons. The smallest absolute Gasteiger partial charge is 0.210 e. The third-order valence-electron chi connectivity index (χ3n) is 1.02. The monoisotopic (exact) mass is 152 g/mol. The maximum absolute atomic E-state index is 10.3. The molecule has 0 saturated heterocycles. The topological polar surface area (TPSA) is 46.3 Å². The Morgan fingerprint density at radius 2 is 2.27 bits per heavy atom. The van der Waals surface area contributed by atoms with Crippen molar-refractivity contribution in [1.29, 1.82) is 0 Å². The number of amides is 1.